The lowest BCUT2D eigenvalue weighted by Gasteiger charge is -2.21. The Morgan fingerprint density at radius 3 is 1.24 bits per heavy atom. The minimum Gasteiger partial charge on any atom is -0.394 e. The molecule has 0 aliphatic heterocycles. The summed E-state index contributed by atoms with van der Waals surface area (Å²) in [5.41, 5.74) is 0. The van der Waals surface area contributed by atoms with Gasteiger partial charge in [0.25, 0.3) is 0 Å². The van der Waals surface area contributed by atoms with Crippen molar-refractivity contribution >= 4 is 0 Å². The zero-order valence-corrected chi connectivity index (χ0v) is 19.0. The molecule has 0 aliphatic rings. The molecule has 0 spiro atoms. The van der Waals surface area contributed by atoms with Crippen molar-refractivity contribution in [1.82, 2.24) is 0 Å². The maximum absolute atomic E-state index is 9.14. The fraction of sp³-hybridized carbons (Fsp3) is 1.00. The van der Waals surface area contributed by atoms with Crippen LogP contribution in [0.1, 0.15) is 34.6 Å². The summed E-state index contributed by atoms with van der Waals surface area (Å²) in [6.45, 7) is 12.6. The van der Waals surface area contributed by atoms with E-state index < -0.39 is 6.10 Å². The van der Waals surface area contributed by atoms with E-state index in [9.17, 15) is 0 Å². The monoisotopic (exact) mass is 428 g/mol. The predicted octanol–water partition coefficient (Wildman–Crippen LogP) is 0.622. The van der Waals surface area contributed by atoms with Crippen molar-refractivity contribution in [3.8, 4) is 0 Å². The highest BCUT2D eigenvalue weighted by atomic mass is 16.6. The third-order valence-corrected chi connectivity index (χ3v) is 3.34. The van der Waals surface area contributed by atoms with E-state index >= 15 is 0 Å². The molecule has 0 aliphatic carbocycles. The van der Waals surface area contributed by atoms with Gasteiger partial charge in [-0.2, -0.15) is 0 Å². The molecule has 29 heavy (non-hydrogen) atoms. The summed E-state index contributed by atoms with van der Waals surface area (Å²) >= 11 is 0. The minimum atomic E-state index is -0.454. The zero-order valence-electron chi connectivity index (χ0n) is 19.0. The summed E-state index contributed by atoms with van der Waals surface area (Å²) in [5.74, 6) is 0. The first-order chi connectivity index (χ1) is 13.8. The lowest BCUT2D eigenvalue weighted by Crippen LogP contribution is -2.28. The molecule has 5 unspecified atom stereocenters. The van der Waals surface area contributed by atoms with E-state index in [1.54, 1.807) is 14.0 Å². The second-order valence-corrected chi connectivity index (χ2v) is 6.94. The average Bonchev–Trinajstić information content (AvgIpc) is 2.68. The van der Waals surface area contributed by atoms with Crippen LogP contribution in [0.25, 0.3) is 0 Å². The summed E-state index contributed by atoms with van der Waals surface area (Å²) in [4.78, 5) is 0. The summed E-state index contributed by atoms with van der Waals surface area (Å²) < 4.78 is 32.0. The summed E-state index contributed by atoms with van der Waals surface area (Å²) in [6.07, 6.45) is -0.445. The largest absolute Gasteiger partial charge is 0.394 e. The molecule has 0 heterocycles. The number of methoxy groups -OCH3 is 1. The summed E-state index contributed by atoms with van der Waals surface area (Å²) in [5, 5.41) is 25.3. The van der Waals surface area contributed by atoms with E-state index in [2.05, 4.69) is 4.74 Å². The first-order valence-corrected chi connectivity index (χ1v) is 10.2. The SMILES string of the molecule is COCC(C)OCC(C)OCC(C)OCC(C)OCC(C)O.OCCOCCO. The zero-order chi connectivity index (χ0) is 22.5. The molecule has 0 fully saturated rings. The highest BCUT2D eigenvalue weighted by Crippen LogP contribution is 2.02. The van der Waals surface area contributed by atoms with Crippen LogP contribution in [0.15, 0.2) is 0 Å². The third kappa shape index (κ3) is 25.6. The number of hydrogen-bond acceptors (Lipinski definition) is 9. The smallest absolute Gasteiger partial charge is 0.0781 e. The Labute approximate surface area is 176 Å². The quantitative estimate of drug-likeness (QED) is 0.270. The maximum Gasteiger partial charge on any atom is 0.0781 e. The van der Waals surface area contributed by atoms with Crippen LogP contribution >= 0.6 is 0 Å². The molecule has 178 valence electrons. The van der Waals surface area contributed by atoms with Crippen LogP contribution < -0.4 is 0 Å². The minimum absolute atomic E-state index is 0.00858. The van der Waals surface area contributed by atoms with Crippen LogP contribution in [0.5, 0.6) is 0 Å². The van der Waals surface area contributed by atoms with Crippen molar-refractivity contribution < 1.29 is 43.7 Å². The van der Waals surface area contributed by atoms with Crippen LogP contribution in [0, 0.1) is 0 Å². The lowest BCUT2D eigenvalue weighted by atomic mass is 10.3. The highest BCUT2D eigenvalue weighted by molar-refractivity contribution is 4.57. The number of hydrogen-bond donors (Lipinski definition) is 3. The molecule has 0 rings (SSSR count). The van der Waals surface area contributed by atoms with Gasteiger partial charge in [0, 0.05) is 7.11 Å². The topological polar surface area (TPSA) is 116 Å². The molecule has 0 radical (unpaired) electrons. The van der Waals surface area contributed by atoms with Gasteiger partial charge in [0.2, 0.25) is 0 Å². The molecule has 3 N–H and O–H groups in total. The Kier molecular flexibility index (Phi) is 23.7. The number of aliphatic hydroxyl groups is 3. The van der Waals surface area contributed by atoms with E-state index in [1.807, 2.05) is 27.7 Å². The van der Waals surface area contributed by atoms with Crippen molar-refractivity contribution in [2.24, 2.45) is 0 Å². The average molecular weight is 429 g/mol. The van der Waals surface area contributed by atoms with Gasteiger partial charge in [-0.05, 0) is 34.6 Å². The van der Waals surface area contributed by atoms with Crippen molar-refractivity contribution in [3.05, 3.63) is 0 Å². The standard InChI is InChI=1S/C16H34O6.C4H10O3/c1-12(17)7-19-14(3)9-21-16(5)11-22-15(4)10-20-13(2)8-18-6;5-1-3-7-4-2-6/h12-17H,7-11H2,1-6H3;5-6H,1-4H2. The van der Waals surface area contributed by atoms with Crippen molar-refractivity contribution in [2.75, 3.05) is 66.6 Å². The molecule has 0 amide bonds. The van der Waals surface area contributed by atoms with E-state index in [0.717, 1.165) is 0 Å². The summed E-state index contributed by atoms with van der Waals surface area (Å²) in [7, 11) is 1.66. The number of ether oxygens (including phenoxy) is 6. The molecule has 9 nitrogen and oxygen atoms in total. The van der Waals surface area contributed by atoms with Crippen LogP contribution in [-0.2, 0) is 28.4 Å². The van der Waals surface area contributed by atoms with Crippen LogP contribution in [0.2, 0.25) is 0 Å². The van der Waals surface area contributed by atoms with E-state index in [0.29, 0.717) is 46.2 Å². The normalized spacial score (nSPS) is 16.4. The van der Waals surface area contributed by atoms with Gasteiger partial charge in [-0.25, -0.2) is 0 Å². The Bertz CT molecular complexity index is 314. The Morgan fingerprint density at radius 2 is 0.931 bits per heavy atom. The predicted molar refractivity (Wildman–Crippen MR) is 110 cm³/mol. The maximum atomic E-state index is 9.14. The van der Waals surface area contributed by atoms with Gasteiger partial charge in [0.1, 0.15) is 0 Å². The van der Waals surface area contributed by atoms with Crippen molar-refractivity contribution in [2.45, 2.75) is 65.1 Å². The molecule has 0 saturated carbocycles. The van der Waals surface area contributed by atoms with Crippen LogP contribution in [-0.4, -0.2) is 112 Å². The fourth-order valence-corrected chi connectivity index (χ4v) is 1.86. The Hall–Kier alpha value is -0.360. The van der Waals surface area contributed by atoms with Crippen LogP contribution in [0.4, 0.5) is 0 Å². The molecule has 5 atom stereocenters. The van der Waals surface area contributed by atoms with Gasteiger partial charge >= 0.3 is 0 Å². The Morgan fingerprint density at radius 1 is 0.586 bits per heavy atom. The van der Waals surface area contributed by atoms with Gasteiger partial charge in [-0.3, -0.25) is 0 Å². The van der Waals surface area contributed by atoms with Gasteiger partial charge in [-0.15, -0.1) is 0 Å². The molecule has 0 aromatic rings. The number of rotatable bonds is 18. The fourth-order valence-electron chi connectivity index (χ4n) is 1.86. The van der Waals surface area contributed by atoms with Gasteiger partial charge in [0.15, 0.2) is 0 Å². The lowest BCUT2D eigenvalue weighted by molar-refractivity contribution is -0.0947. The number of aliphatic hydroxyl groups excluding tert-OH is 3. The van der Waals surface area contributed by atoms with Gasteiger partial charge < -0.3 is 43.7 Å². The van der Waals surface area contributed by atoms with E-state index in [1.165, 1.54) is 0 Å². The first kappa shape index (κ1) is 30.8. The molecule has 0 bridgehead atoms. The molecule has 9 heteroatoms. The molecule has 0 aromatic carbocycles. The molecule has 0 saturated heterocycles. The van der Waals surface area contributed by atoms with Gasteiger partial charge in [-0.1, -0.05) is 0 Å². The first-order valence-electron chi connectivity index (χ1n) is 10.2. The van der Waals surface area contributed by atoms with Crippen molar-refractivity contribution in [1.29, 1.82) is 0 Å². The summed E-state index contributed by atoms with van der Waals surface area (Å²) in [6, 6.07) is 0. The third-order valence-electron chi connectivity index (χ3n) is 3.34. The highest BCUT2D eigenvalue weighted by Gasteiger charge is 2.11. The van der Waals surface area contributed by atoms with Crippen molar-refractivity contribution in [3.63, 3.8) is 0 Å². The van der Waals surface area contributed by atoms with E-state index in [4.69, 9.17) is 39.0 Å². The van der Waals surface area contributed by atoms with Gasteiger partial charge in [0.05, 0.1) is 90.0 Å². The second-order valence-electron chi connectivity index (χ2n) is 6.94. The molecule has 0 aromatic heterocycles. The molecular weight excluding hydrogens is 384 g/mol. The molecular formula is C20H44O9. The van der Waals surface area contributed by atoms with Crippen LogP contribution in [0.3, 0.4) is 0 Å². The van der Waals surface area contributed by atoms with E-state index in [-0.39, 0.29) is 37.6 Å². The second kappa shape index (κ2) is 22.3. The Balaban J connectivity index is 0.